The van der Waals surface area contributed by atoms with Crippen LogP contribution in [0.1, 0.15) is 26.3 Å². The summed E-state index contributed by atoms with van der Waals surface area (Å²) in [5.41, 5.74) is 0.854. The number of likely N-dealkylation sites (N-methyl/N-ethyl adjacent to an activating group) is 1. The molecule has 112 valence electrons. The van der Waals surface area contributed by atoms with E-state index in [9.17, 15) is 4.79 Å². The van der Waals surface area contributed by atoms with Crippen LogP contribution in [0.2, 0.25) is 5.02 Å². The third-order valence-corrected chi connectivity index (χ3v) is 3.77. The standard InChI is InChI=1S/C15H23ClN2O2/c1-11(9-19)18(4)14(20)17-10-15(2,3)12-6-5-7-13(16)8-12/h5-8,11,19H,9-10H2,1-4H3,(H,17,20). The molecule has 0 aliphatic heterocycles. The predicted molar refractivity (Wildman–Crippen MR) is 82.2 cm³/mol. The first-order valence-electron chi connectivity index (χ1n) is 6.65. The maximum atomic E-state index is 12.0. The van der Waals surface area contributed by atoms with Crippen LogP contribution in [0.5, 0.6) is 0 Å². The normalized spacial score (nSPS) is 12.9. The van der Waals surface area contributed by atoms with Crippen LogP contribution in [-0.4, -0.2) is 42.3 Å². The Labute approximate surface area is 125 Å². The Balaban J connectivity index is 2.66. The number of amides is 2. The SMILES string of the molecule is CC(CO)N(C)C(=O)NCC(C)(C)c1cccc(Cl)c1. The van der Waals surface area contributed by atoms with Gasteiger partial charge < -0.3 is 15.3 Å². The highest BCUT2D eigenvalue weighted by atomic mass is 35.5. The van der Waals surface area contributed by atoms with Gasteiger partial charge in [0.2, 0.25) is 0 Å². The third-order valence-electron chi connectivity index (χ3n) is 3.53. The van der Waals surface area contributed by atoms with E-state index in [0.717, 1.165) is 5.56 Å². The molecular formula is C15H23ClN2O2. The molecule has 0 aliphatic carbocycles. The molecule has 0 heterocycles. The number of benzene rings is 1. The lowest BCUT2D eigenvalue weighted by molar-refractivity contribution is 0.156. The average Bonchev–Trinajstić information content (AvgIpc) is 2.43. The largest absolute Gasteiger partial charge is 0.394 e. The number of carbonyl (C=O) groups is 1. The van der Waals surface area contributed by atoms with Crippen molar-refractivity contribution >= 4 is 17.6 Å². The number of nitrogens with one attached hydrogen (secondary N) is 1. The minimum atomic E-state index is -0.218. The van der Waals surface area contributed by atoms with E-state index in [1.165, 1.54) is 4.90 Å². The van der Waals surface area contributed by atoms with E-state index in [-0.39, 0.29) is 24.1 Å². The third kappa shape index (κ3) is 4.39. The summed E-state index contributed by atoms with van der Waals surface area (Å²) in [6, 6.07) is 7.25. The number of carbonyl (C=O) groups excluding carboxylic acids is 1. The lowest BCUT2D eigenvalue weighted by Crippen LogP contribution is -2.47. The summed E-state index contributed by atoms with van der Waals surface area (Å²) in [6.07, 6.45) is 0. The van der Waals surface area contributed by atoms with Crippen LogP contribution >= 0.6 is 11.6 Å². The van der Waals surface area contributed by atoms with Crippen LogP contribution in [0.3, 0.4) is 0 Å². The monoisotopic (exact) mass is 298 g/mol. The Bertz CT molecular complexity index is 463. The number of nitrogens with zero attached hydrogens (tertiary/aromatic N) is 1. The van der Waals surface area contributed by atoms with Gasteiger partial charge in [-0.1, -0.05) is 37.6 Å². The second-order valence-electron chi connectivity index (χ2n) is 5.70. The molecule has 0 aliphatic rings. The Morgan fingerprint density at radius 3 is 2.70 bits per heavy atom. The topological polar surface area (TPSA) is 52.6 Å². The number of hydrogen-bond acceptors (Lipinski definition) is 2. The second-order valence-corrected chi connectivity index (χ2v) is 6.13. The molecule has 1 rings (SSSR count). The van der Waals surface area contributed by atoms with E-state index in [0.29, 0.717) is 11.6 Å². The molecule has 0 bridgehead atoms. The molecule has 1 atom stereocenters. The van der Waals surface area contributed by atoms with E-state index >= 15 is 0 Å². The first kappa shape index (κ1) is 16.8. The van der Waals surface area contributed by atoms with Gasteiger partial charge in [-0.05, 0) is 24.6 Å². The summed E-state index contributed by atoms with van der Waals surface area (Å²) in [6.45, 7) is 6.33. The first-order valence-corrected chi connectivity index (χ1v) is 7.03. The zero-order valence-corrected chi connectivity index (χ0v) is 13.2. The maximum absolute atomic E-state index is 12.0. The summed E-state index contributed by atoms with van der Waals surface area (Å²) >= 11 is 6.00. The summed E-state index contributed by atoms with van der Waals surface area (Å²) in [5, 5.41) is 12.6. The van der Waals surface area contributed by atoms with Crippen molar-refractivity contribution in [2.24, 2.45) is 0 Å². The molecule has 2 N–H and O–H groups in total. The number of rotatable bonds is 5. The van der Waals surface area contributed by atoms with Crippen LogP contribution < -0.4 is 5.32 Å². The van der Waals surface area contributed by atoms with Gasteiger partial charge in [-0.2, -0.15) is 0 Å². The number of halogens is 1. The zero-order chi connectivity index (χ0) is 15.3. The van der Waals surface area contributed by atoms with Crippen molar-refractivity contribution < 1.29 is 9.90 Å². The number of aliphatic hydroxyl groups excluding tert-OH is 1. The van der Waals surface area contributed by atoms with Gasteiger partial charge >= 0.3 is 6.03 Å². The molecular weight excluding hydrogens is 276 g/mol. The van der Waals surface area contributed by atoms with Crippen molar-refractivity contribution in [1.82, 2.24) is 10.2 Å². The predicted octanol–water partition coefficient (Wildman–Crippen LogP) is 2.64. The van der Waals surface area contributed by atoms with Crippen LogP contribution in [-0.2, 0) is 5.41 Å². The molecule has 20 heavy (non-hydrogen) atoms. The number of aliphatic hydroxyl groups is 1. The zero-order valence-electron chi connectivity index (χ0n) is 12.5. The van der Waals surface area contributed by atoms with Gasteiger partial charge in [0.15, 0.2) is 0 Å². The minimum absolute atomic E-state index is 0.0540. The second kappa shape index (κ2) is 6.95. The van der Waals surface area contributed by atoms with E-state index in [2.05, 4.69) is 19.2 Å². The molecule has 1 unspecified atom stereocenters. The quantitative estimate of drug-likeness (QED) is 0.878. The van der Waals surface area contributed by atoms with Gasteiger partial charge in [0.25, 0.3) is 0 Å². The number of hydrogen-bond donors (Lipinski definition) is 2. The minimum Gasteiger partial charge on any atom is -0.394 e. The molecule has 2 amide bonds. The van der Waals surface area contributed by atoms with E-state index in [1.54, 1.807) is 14.0 Å². The van der Waals surface area contributed by atoms with Gasteiger partial charge in [-0.3, -0.25) is 0 Å². The molecule has 0 saturated carbocycles. The Morgan fingerprint density at radius 1 is 1.50 bits per heavy atom. The van der Waals surface area contributed by atoms with Crippen molar-refractivity contribution in [2.75, 3.05) is 20.2 Å². The molecule has 0 saturated heterocycles. The highest BCUT2D eigenvalue weighted by Gasteiger charge is 2.23. The van der Waals surface area contributed by atoms with Crippen molar-refractivity contribution in [3.05, 3.63) is 34.9 Å². The van der Waals surface area contributed by atoms with Gasteiger partial charge in [-0.25, -0.2) is 4.79 Å². The van der Waals surface area contributed by atoms with Crippen LogP contribution in [0, 0.1) is 0 Å². The highest BCUT2D eigenvalue weighted by Crippen LogP contribution is 2.24. The molecule has 4 nitrogen and oxygen atoms in total. The fraction of sp³-hybridized carbons (Fsp3) is 0.533. The fourth-order valence-corrected chi connectivity index (χ4v) is 1.95. The van der Waals surface area contributed by atoms with Gasteiger partial charge in [0, 0.05) is 24.0 Å². The maximum Gasteiger partial charge on any atom is 0.317 e. The summed E-state index contributed by atoms with van der Waals surface area (Å²) in [4.78, 5) is 13.5. The van der Waals surface area contributed by atoms with E-state index in [1.807, 2.05) is 24.3 Å². The molecule has 1 aromatic rings. The van der Waals surface area contributed by atoms with E-state index in [4.69, 9.17) is 16.7 Å². The van der Waals surface area contributed by atoms with Gasteiger partial charge in [0.1, 0.15) is 0 Å². The van der Waals surface area contributed by atoms with E-state index < -0.39 is 0 Å². The van der Waals surface area contributed by atoms with Crippen molar-refractivity contribution in [3.63, 3.8) is 0 Å². The molecule has 5 heteroatoms. The molecule has 0 spiro atoms. The lowest BCUT2D eigenvalue weighted by atomic mass is 9.84. The summed E-state index contributed by atoms with van der Waals surface area (Å²) < 4.78 is 0. The summed E-state index contributed by atoms with van der Waals surface area (Å²) in [5.74, 6) is 0. The highest BCUT2D eigenvalue weighted by molar-refractivity contribution is 6.30. The molecule has 1 aromatic carbocycles. The van der Waals surface area contributed by atoms with Gasteiger partial charge in [0.05, 0.1) is 12.6 Å². The molecule has 0 radical (unpaired) electrons. The Kier molecular flexibility index (Phi) is 5.84. The lowest BCUT2D eigenvalue weighted by Gasteiger charge is -2.29. The van der Waals surface area contributed by atoms with Crippen LogP contribution in [0.25, 0.3) is 0 Å². The number of urea groups is 1. The van der Waals surface area contributed by atoms with Crippen molar-refractivity contribution in [3.8, 4) is 0 Å². The van der Waals surface area contributed by atoms with Crippen molar-refractivity contribution in [1.29, 1.82) is 0 Å². The fourth-order valence-electron chi connectivity index (χ4n) is 1.76. The Hall–Kier alpha value is -1.26. The van der Waals surface area contributed by atoms with Crippen LogP contribution in [0.15, 0.2) is 24.3 Å². The average molecular weight is 299 g/mol. The van der Waals surface area contributed by atoms with Crippen LogP contribution in [0.4, 0.5) is 4.79 Å². The Morgan fingerprint density at radius 2 is 2.15 bits per heavy atom. The first-order chi connectivity index (χ1) is 9.27. The molecule has 0 aromatic heterocycles. The van der Waals surface area contributed by atoms with Crippen molar-refractivity contribution in [2.45, 2.75) is 32.2 Å². The summed E-state index contributed by atoms with van der Waals surface area (Å²) in [7, 11) is 1.67. The smallest absolute Gasteiger partial charge is 0.317 e. The van der Waals surface area contributed by atoms with Gasteiger partial charge in [-0.15, -0.1) is 0 Å². The molecule has 0 fully saturated rings.